The number of carbonyl (C=O) groups is 1. The maximum atomic E-state index is 12.9. The van der Waals surface area contributed by atoms with E-state index in [0.29, 0.717) is 26.4 Å². The first-order valence-corrected chi connectivity index (χ1v) is 12.2. The maximum Gasteiger partial charge on any atom is 0.261 e. The van der Waals surface area contributed by atoms with Gasteiger partial charge in [-0.3, -0.25) is 14.8 Å². The fourth-order valence-electron chi connectivity index (χ4n) is 2.88. The molecule has 11 heteroatoms. The molecule has 32 heavy (non-hydrogen) atoms. The number of nitrogens with zero attached hydrogens (tertiary/aromatic N) is 1. The molecule has 1 amide bonds. The minimum absolute atomic E-state index is 0.0335. The van der Waals surface area contributed by atoms with Gasteiger partial charge in [0.05, 0.1) is 38.0 Å². The third kappa shape index (κ3) is 4.51. The Bertz CT molecular complexity index is 1420. The molecule has 0 saturated carbocycles. The van der Waals surface area contributed by atoms with Crippen LogP contribution in [-0.2, 0) is 10.0 Å². The van der Waals surface area contributed by atoms with E-state index < -0.39 is 15.9 Å². The van der Waals surface area contributed by atoms with Crippen LogP contribution in [0.5, 0.6) is 5.75 Å². The summed E-state index contributed by atoms with van der Waals surface area (Å²) in [6, 6.07) is 15.6. The molecule has 4 rings (SSSR count). The molecule has 3 aromatic carbocycles. The number of carbonyl (C=O) groups excluding carboxylic acids is 1. The molecule has 164 valence electrons. The lowest BCUT2D eigenvalue weighted by atomic mass is 10.2. The van der Waals surface area contributed by atoms with Crippen molar-refractivity contribution in [2.24, 2.45) is 0 Å². The van der Waals surface area contributed by atoms with E-state index in [1.807, 2.05) is 0 Å². The molecule has 0 atom stereocenters. The molecule has 0 bridgehead atoms. The van der Waals surface area contributed by atoms with Crippen LogP contribution in [-0.4, -0.2) is 26.4 Å². The van der Waals surface area contributed by atoms with Crippen LogP contribution in [0.1, 0.15) is 10.4 Å². The summed E-state index contributed by atoms with van der Waals surface area (Å²) in [4.78, 5) is 17.3. The minimum Gasteiger partial charge on any atom is -0.497 e. The van der Waals surface area contributed by atoms with Gasteiger partial charge in [-0.05, 0) is 48.5 Å². The zero-order valence-electron chi connectivity index (χ0n) is 16.4. The number of thiazole rings is 1. The Morgan fingerprint density at radius 2 is 1.75 bits per heavy atom. The predicted octanol–water partition coefficient (Wildman–Crippen LogP) is 5.66. The zero-order valence-corrected chi connectivity index (χ0v) is 19.6. The Hall–Kier alpha value is -2.85. The summed E-state index contributed by atoms with van der Waals surface area (Å²) in [6.45, 7) is 0. The highest BCUT2D eigenvalue weighted by atomic mass is 35.5. The van der Waals surface area contributed by atoms with Crippen molar-refractivity contribution in [3.63, 3.8) is 0 Å². The van der Waals surface area contributed by atoms with E-state index in [0.717, 1.165) is 4.70 Å². The first-order chi connectivity index (χ1) is 15.3. The lowest BCUT2D eigenvalue weighted by Crippen LogP contribution is -2.18. The molecule has 0 saturated heterocycles. The number of aromatic nitrogens is 1. The first-order valence-electron chi connectivity index (χ1n) is 9.10. The molecule has 0 fully saturated rings. The summed E-state index contributed by atoms with van der Waals surface area (Å²) < 4.78 is 33.9. The minimum atomic E-state index is -3.93. The van der Waals surface area contributed by atoms with E-state index in [4.69, 9.17) is 27.9 Å². The Kier molecular flexibility index (Phi) is 6.25. The smallest absolute Gasteiger partial charge is 0.261 e. The number of rotatable bonds is 6. The van der Waals surface area contributed by atoms with Crippen LogP contribution >= 0.6 is 34.5 Å². The van der Waals surface area contributed by atoms with Gasteiger partial charge in [0.15, 0.2) is 5.13 Å². The van der Waals surface area contributed by atoms with Gasteiger partial charge in [0.25, 0.3) is 15.9 Å². The van der Waals surface area contributed by atoms with Crippen molar-refractivity contribution >= 4 is 71.5 Å². The normalized spacial score (nSPS) is 11.3. The second-order valence-corrected chi connectivity index (χ2v) is 10.0. The number of halogens is 2. The number of sulfonamides is 1. The topological polar surface area (TPSA) is 97.4 Å². The van der Waals surface area contributed by atoms with Crippen LogP contribution in [0, 0.1) is 0 Å². The Labute approximate surface area is 198 Å². The Morgan fingerprint density at radius 1 is 1.03 bits per heavy atom. The fraction of sp³-hybridized carbons (Fsp3) is 0.0476. The molecule has 2 N–H and O–H groups in total. The van der Waals surface area contributed by atoms with Crippen molar-refractivity contribution in [3.8, 4) is 5.75 Å². The molecule has 7 nitrogen and oxygen atoms in total. The Balaban J connectivity index is 1.60. The number of para-hydroxylation sites is 1. The molecule has 0 aliphatic carbocycles. The fourth-order valence-corrected chi connectivity index (χ4v) is 5.25. The van der Waals surface area contributed by atoms with Gasteiger partial charge in [-0.15, -0.1) is 0 Å². The molecule has 1 aromatic heterocycles. The van der Waals surface area contributed by atoms with Crippen molar-refractivity contribution < 1.29 is 17.9 Å². The highest BCUT2D eigenvalue weighted by molar-refractivity contribution is 7.92. The van der Waals surface area contributed by atoms with E-state index in [2.05, 4.69) is 15.0 Å². The summed E-state index contributed by atoms with van der Waals surface area (Å²) in [5.41, 5.74) is 0.740. The van der Waals surface area contributed by atoms with Crippen LogP contribution in [0.15, 0.2) is 65.6 Å². The second-order valence-electron chi connectivity index (χ2n) is 6.51. The molecule has 0 radical (unpaired) electrons. The average Bonchev–Trinajstić information content (AvgIpc) is 3.19. The molecule has 1 heterocycles. The predicted molar refractivity (Wildman–Crippen MR) is 128 cm³/mol. The average molecular weight is 508 g/mol. The van der Waals surface area contributed by atoms with Gasteiger partial charge in [0, 0.05) is 0 Å². The van der Waals surface area contributed by atoms with E-state index in [-0.39, 0.29) is 16.1 Å². The Morgan fingerprint density at radius 3 is 2.47 bits per heavy atom. The monoisotopic (exact) mass is 507 g/mol. The van der Waals surface area contributed by atoms with Crippen molar-refractivity contribution in [1.29, 1.82) is 0 Å². The maximum absolute atomic E-state index is 12.9. The SMILES string of the molecule is COc1ccc(S(=O)(=O)Nc2ccccc2C(=O)Nc2nc3c(Cl)c(Cl)ccc3s2)cc1. The van der Waals surface area contributed by atoms with Crippen LogP contribution in [0.4, 0.5) is 10.8 Å². The van der Waals surface area contributed by atoms with Gasteiger partial charge < -0.3 is 4.74 Å². The zero-order chi connectivity index (χ0) is 22.9. The van der Waals surface area contributed by atoms with Crippen molar-refractivity contribution in [1.82, 2.24) is 4.98 Å². The van der Waals surface area contributed by atoms with E-state index in [1.165, 1.54) is 54.8 Å². The standard InChI is InChI=1S/C21H15Cl2N3O4S2/c1-30-12-6-8-13(9-7-12)32(28,29)26-16-5-3-2-4-14(16)20(27)25-21-24-19-17(31-21)11-10-15(22)18(19)23/h2-11,26H,1H3,(H,24,25,27). The van der Waals surface area contributed by atoms with Crippen molar-refractivity contribution in [2.75, 3.05) is 17.1 Å². The van der Waals surface area contributed by atoms with Crippen LogP contribution in [0.25, 0.3) is 10.2 Å². The number of hydrogen-bond donors (Lipinski definition) is 2. The lowest BCUT2D eigenvalue weighted by molar-refractivity contribution is 0.102. The number of hydrogen-bond acceptors (Lipinski definition) is 6. The summed E-state index contributed by atoms with van der Waals surface area (Å²) in [5, 5.41) is 3.66. The van der Waals surface area contributed by atoms with Gasteiger partial charge in [0.1, 0.15) is 11.3 Å². The van der Waals surface area contributed by atoms with Crippen molar-refractivity contribution in [3.05, 3.63) is 76.3 Å². The van der Waals surface area contributed by atoms with E-state index in [9.17, 15) is 13.2 Å². The first kappa shape index (κ1) is 22.3. The molecular weight excluding hydrogens is 493 g/mol. The third-order valence-corrected chi connectivity index (χ3v) is 7.57. The van der Waals surface area contributed by atoms with E-state index >= 15 is 0 Å². The number of anilines is 2. The number of amides is 1. The van der Waals surface area contributed by atoms with Gasteiger partial charge in [-0.2, -0.15) is 0 Å². The number of nitrogens with one attached hydrogen (secondary N) is 2. The summed E-state index contributed by atoms with van der Waals surface area (Å²) >= 11 is 13.4. The van der Waals surface area contributed by atoms with Crippen LogP contribution < -0.4 is 14.8 Å². The molecule has 0 unspecified atom stereocenters. The number of benzene rings is 3. The largest absolute Gasteiger partial charge is 0.497 e. The summed E-state index contributed by atoms with van der Waals surface area (Å²) in [5.74, 6) is 0.000241. The quantitative estimate of drug-likeness (QED) is 0.350. The number of fused-ring (bicyclic) bond motifs is 1. The number of ether oxygens (including phenoxy) is 1. The molecule has 0 spiro atoms. The van der Waals surface area contributed by atoms with Gasteiger partial charge in [-0.1, -0.05) is 46.7 Å². The summed E-state index contributed by atoms with van der Waals surface area (Å²) in [7, 11) is -2.44. The summed E-state index contributed by atoms with van der Waals surface area (Å²) in [6.07, 6.45) is 0. The molecule has 4 aromatic rings. The van der Waals surface area contributed by atoms with Gasteiger partial charge in [-0.25, -0.2) is 13.4 Å². The molecule has 0 aliphatic rings. The van der Waals surface area contributed by atoms with Crippen LogP contribution in [0.3, 0.4) is 0 Å². The lowest BCUT2D eigenvalue weighted by Gasteiger charge is -2.12. The van der Waals surface area contributed by atoms with E-state index in [1.54, 1.807) is 24.3 Å². The van der Waals surface area contributed by atoms with Gasteiger partial charge >= 0.3 is 0 Å². The number of methoxy groups -OCH3 is 1. The van der Waals surface area contributed by atoms with Gasteiger partial charge in [0.2, 0.25) is 0 Å². The molecular formula is C21H15Cl2N3O4S2. The highest BCUT2D eigenvalue weighted by Gasteiger charge is 2.20. The van der Waals surface area contributed by atoms with Crippen LogP contribution in [0.2, 0.25) is 10.0 Å². The van der Waals surface area contributed by atoms with Crippen molar-refractivity contribution in [2.45, 2.75) is 4.90 Å². The third-order valence-electron chi connectivity index (χ3n) is 4.46. The highest BCUT2D eigenvalue weighted by Crippen LogP contribution is 2.35. The molecule has 0 aliphatic heterocycles. The second kappa shape index (κ2) is 8.95.